The number of piperidine rings is 2. The molecule has 2 aliphatic rings. The zero-order valence-electron chi connectivity index (χ0n) is 15.9. The smallest absolute Gasteiger partial charge is 0.251 e. The molecule has 2 aliphatic heterocycles. The number of hydrogen-bond acceptors (Lipinski definition) is 3. The molecule has 1 unspecified atom stereocenters. The predicted molar refractivity (Wildman–Crippen MR) is 107 cm³/mol. The standard InChI is InChI=1S/C23H28N2O2/c1-27-22-12-10-18(11-13-22)23(26)24-19-14-20-8-5-9-21(15-19)25(20)16-17-6-3-2-4-7-17/h2-4,6-7,10-13,19-21H,5,8-9,14-16H2,1H3,(H,24,26)/t19?,20-,21+. The summed E-state index contributed by atoms with van der Waals surface area (Å²) < 4.78 is 5.17. The SMILES string of the molecule is COc1ccc(C(=O)NC2C[C@H]3CCC[C@@H](C2)N3Cc2ccccc2)cc1. The van der Waals surface area contributed by atoms with Crippen molar-refractivity contribution >= 4 is 5.91 Å². The van der Waals surface area contributed by atoms with Gasteiger partial charge in [-0.15, -0.1) is 0 Å². The van der Waals surface area contributed by atoms with Crippen molar-refractivity contribution in [3.05, 3.63) is 65.7 Å². The molecule has 1 N–H and O–H groups in total. The van der Waals surface area contributed by atoms with E-state index in [0.29, 0.717) is 17.6 Å². The third-order valence-electron chi connectivity index (χ3n) is 6.02. The van der Waals surface area contributed by atoms with Gasteiger partial charge in [0.15, 0.2) is 0 Å². The van der Waals surface area contributed by atoms with E-state index in [9.17, 15) is 4.79 Å². The summed E-state index contributed by atoms with van der Waals surface area (Å²) in [5.74, 6) is 0.799. The number of carbonyl (C=O) groups is 1. The summed E-state index contributed by atoms with van der Waals surface area (Å²) in [6.45, 7) is 1.02. The minimum absolute atomic E-state index is 0.0252. The predicted octanol–water partition coefficient (Wildman–Crippen LogP) is 4.01. The molecule has 2 saturated heterocycles. The van der Waals surface area contributed by atoms with Crippen molar-refractivity contribution < 1.29 is 9.53 Å². The van der Waals surface area contributed by atoms with Crippen LogP contribution in [0.1, 0.15) is 48.0 Å². The van der Waals surface area contributed by atoms with Gasteiger partial charge in [0, 0.05) is 30.2 Å². The number of hydrogen-bond donors (Lipinski definition) is 1. The summed E-state index contributed by atoms with van der Waals surface area (Å²) in [6.07, 6.45) is 5.87. The van der Waals surface area contributed by atoms with E-state index in [2.05, 4.69) is 40.5 Å². The maximum atomic E-state index is 12.6. The van der Waals surface area contributed by atoms with E-state index in [1.807, 2.05) is 24.3 Å². The summed E-state index contributed by atoms with van der Waals surface area (Å²) in [5, 5.41) is 3.28. The lowest BCUT2D eigenvalue weighted by molar-refractivity contribution is 0.0177. The lowest BCUT2D eigenvalue weighted by Gasteiger charge is -2.49. The molecule has 27 heavy (non-hydrogen) atoms. The van der Waals surface area contributed by atoms with Gasteiger partial charge in [0.1, 0.15) is 5.75 Å². The largest absolute Gasteiger partial charge is 0.497 e. The number of nitrogens with one attached hydrogen (secondary N) is 1. The van der Waals surface area contributed by atoms with Crippen LogP contribution >= 0.6 is 0 Å². The van der Waals surface area contributed by atoms with E-state index in [0.717, 1.165) is 25.1 Å². The van der Waals surface area contributed by atoms with Crippen molar-refractivity contribution in [1.29, 1.82) is 0 Å². The zero-order valence-corrected chi connectivity index (χ0v) is 15.9. The van der Waals surface area contributed by atoms with Crippen LogP contribution in [0.4, 0.5) is 0 Å². The van der Waals surface area contributed by atoms with Crippen LogP contribution in [-0.4, -0.2) is 36.0 Å². The summed E-state index contributed by atoms with van der Waals surface area (Å²) >= 11 is 0. The van der Waals surface area contributed by atoms with Gasteiger partial charge in [-0.25, -0.2) is 0 Å². The van der Waals surface area contributed by atoms with Crippen LogP contribution < -0.4 is 10.1 Å². The monoisotopic (exact) mass is 364 g/mol. The normalized spacial score (nSPS) is 25.0. The van der Waals surface area contributed by atoms with Crippen molar-refractivity contribution in [2.24, 2.45) is 0 Å². The molecule has 2 aromatic rings. The zero-order chi connectivity index (χ0) is 18.6. The Morgan fingerprint density at radius 3 is 2.33 bits per heavy atom. The molecule has 4 rings (SSSR count). The average molecular weight is 364 g/mol. The fourth-order valence-electron chi connectivity index (χ4n) is 4.66. The number of fused-ring (bicyclic) bond motifs is 2. The van der Waals surface area contributed by atoms with Crippen molar-refractivity contribution in [1.82, 2.24) is 10.2 Å². The number of carbonyl (C=O) groups excluding carboxylic acids is 1. The highest BCUT2D eigenvalue weighted by Crippen LogP contribution is 2.35. The van der Waals surface area contributed by atoms with Gasteiger partial charge in [0.05, 0.1) is 7.11 Å². The summed E-state index contributed by atoms with van der Waals surface area (Å²) in [4.78, 5) is 15.3. The Labute approximate surface area is 161 Å². The number of rotatable bonds is 5. The van der Waals surface area contributed by atoms with Gasteiger partial charge in [-0.2, -0.15) is 0 Å². The number of amides is 1. The molecule has 2 aromatic carbocycles. The first-order valence-electron chi connectivity index (χ1n) is 9.97. The third-order valence-corrected chi connectivity index (χ3v) is 6.02. The van der Waals surface area contributed by atoms with Crippen LogP contribution in [0.25, 0.3) is 0 Å². The van der Waals surface area contributed by atoms with E-state index < -0.39 is 0 Å². The fraction of sp³-hybridized carbons (Fsp3) is 0.435. The maximum Gasteiger partial charge on any atom is 0.251 e. The van der Waals surface area contributed by atoms with E-state index in [1.54, 1.807) is 7.11 Å². The fourth-order valence-corrected chi connectivity index (χ4v) is 4.66. The summed E-state index contributed by atoms with van der Waals surface area (Å²) in [7, 11) is 1.64. The quantitative estimate of drug-likeness (QED) is 0.872. The molecular weight excluding hydrogens is 336 g/mol. The van der Waals surface area contributed by atoms with Crippen molar-refractivity contribution in [3.8, 4) is 5.75 Å². The summed E-state index contributed by atoms with van der Waals surface area (Å²) in [5.41, 5.74) is 2.09. The molecule has 2 heterocycles. The first-order chi connectivity index (χ1) is 13.2. The van der Waals surface area contributed by atoms with E-state index in [-0.39, 0.29) is 11.9 Å². The average Bonchev–Trinajstić information content (AvgIpc) is 2.69. The van der Waals surface area contributed by atoms with Gasteiger partial charge < -0.3 is 10.1 Å². The molecule has 2 bridgehead atoms. The van der Waals surface area contributed by atoms with Gasteiger partial charge in [-0.1, -0.05) is 36.8 Å². The van der Waals surface area contributed by atoms with E-state index >= 15 is 0 Å². The van der Waals surface area contributed by atoms with Crippen LogP contribution in [0.3, 0.4) is 0 Å². The van der Waals surface area contributed by atoms with E-state index in [1.165, 1.54) is 24.8 Å². The second-order valence-corrected chi connectivity index (χ2v) is 7.77. The molecule has 0 saturated carbocycles. The lowest BCUT2D eigenvalue weighted by atomic mass is 9.81. The minimum atomic E-state index is 0.0252. The first kappa shape index (κ1) is 18.1. The number of nitrogens with zero attached hydrogens (tertiary/aromatic N) is 1. The Morgan fingerprint density at radius 1 is 1.04 bits per heavy atom. The highest BCUT2D eigenvalue weighted by Gasteiger charge is 2.38. The van der Waals surface area contributed by atoms with Gasteiger partial charge in [0.25, 0.3) is 5.91 Å². The molecule has 1 amide bonds. The first-order valence-corrected chi connectivity index (χ1v) is 9.97. The molecule has 0 radical (unpaired) electrons. The minimum Gasteiger partial charge on any atom is -0.497 e. The van der Waals surface area contributed by atoms with Crippen LogP contribution in [0.5, 0.6) is 5.75 Å². The molecule has 4 nitrogen and oxygen atoms in total. The lowest BCUT2D eigenvalue weighted by Crippen LogP contribution is -2.56. The number of ether oxygens (including phenoxy) is 1. The van der Waals surface area contributed by atoms with E-state index in [4.69, 9.17) is 4.74 Å². The Hall–Kier alpha value is -2.33. The van der Waals surface area contributed by atoms with Crippen molar-refractivity contribution in [2.45, 2.75) is 56.8 Å². The molecule has 4 heteroatoms. The summed E-state index contributed by atoms with van der Waals surface area (Å²) in [6, 6.07) is 19.5. The van der Waals surface area contributed by atoms with Gasteiger partial charge in [-0.05, 0) is 55.5 Å². The van der Waals surface area contributed by atoms with Crippen LogP contribution in [0, 0.1) is 0 Å². The van der Waals surface area contributed by atoms with Gasteiger partial charge in [-0.3, -0.25) is 9.69 Å². The molecule has 2 fully saturated rings. The second kappa shape index (κ2) is 8.13. The van der Waals surface area contributed by atoms with Crippen LogP contribution in [0.15, 0.2) is 54.6 Å². The molecule has 0 spiro atoms. The topological polar surface area (TPSA) is 41.6 Å². The maximum absolute atomic E-state index is 12.6. The van der Waals surface area contributed by atoms with Crippen LogP contribution in [0.2, 0.25) is 0 Å². The van der Waals surface area contributed by atoms with Crippen LogP contribution in [-0.2, 0) is 6.54 Å². The highest BCUT2D eigenvalue weighted by molar-refractivity contribution is 5.94. The molecule has 142 valence electrons. The highest BCUT2D eigenvalue weighted by atomic mass is 16.5. The molecular formula is C23H28N2O2. The Kier molecular flexibility index (Phi) is 5.44. The Morgan fingerprint density at radius 2 is 1.70 bits per heavy atom. The molecule has 0 aromatic heterocycles. The molecule has 3 atom stereocenters. The Balaban J connectivity index is 1.39. The molecule has 0 aliphatic carbocycles. The number of benzene rings is 2. The van der Waals surface area contributed by atoms with Gasteiger partial charge in [0.2, 0.25) is 0 Å². The third kappa shape index (κ3) is 4.16. The number of methoxy groups -OCH3 is 1. The Bertz CT molecular complexity index is 746. The van der Waals surface area contributed by atoms with Gasteiger partial charge >= 0.3 is 0 Å². The van der Waals surface area contributed by atoms with Crippen molar-refractivity contribution in [2.75, 3.05) is 7.11 Å². The second-order valence-electron chi connectivity index (χ2n) is 7.77. The van der Waals surface area contributed by atoms with Crippen molar-refractivity contribution in [3.63, 3.8) is 0 Å².